The van der Waals surface area contributed by atoms with Crippen LogP contribution in [0.4, 0.5) is 0 Å². The number of para-hydroxylation sites is 2. The molecule has 0 aliphatic carbocycles. The third-order valence-electron chi connectivity index (χ3n) is 8.02. The lowest BCUT2D eigenvalue weighted by atomic mass is 9.59. The van der Waals surface area contributed by atoms with Gasteiger partial charge in [0.05, 0.1) is 16.7 Å². The maximum atomic E-state index is 6.56. The van der Waals surface area contributed by atoms with E-state index in [9.17, 15) is 0 Å². The average molecular weight is 510 g/mol. The lowest BCUT2D eigenvalue weighted by Crippen LogP contribution is -2.55. The number of aryl methyl sites for hydroxylation is 1. The molecule has 7 aromatic rings. The molecule has 180 valence electrons. The van der Waals surface area contributed by atoms with Gasteiger partial charge in [0.1, 0.15) is 45.1 Å². The van der Waals surface area contributed by atoms with Crippen LogP contribution in [-0.4, -0.2) is 48.8 Å². The molecule has 0 unspecified atom stereocenters. The molecule has 2 nitrogen and oxygen atoms in total. The summed E-state index contributed by atoms with van der Waals surface area (Å²) in [6.07, 6.45) is 0. The molecule has 0 amide bonds. The summed E-state index contributed by atoms with van der Waals surface area (Å²) in [5.41, 5.74) is 7.81. The molecular weight excluding hydrogens is 490 g/mol. The van der Waals surface area contributed by atoms with E-state index in [-0.39, 0.29) is 16.4 Å². The van der Waals surface area contributed by atoms with Crippen LogP contribution in [-0.2, 0) is 0 Å². The van der Waals surface area contributed by atoms with Crippen molar-refractivity contribution < 1.29 is 0 Å². The van der Waals surface area contributed by atoms with Gasteiger partial charge in [0.2, 0.25) is 0 Å². The van der Waals surface area contributed by atoms with E-state index < -0.39 is 0 Å². The minimum atomic E-state index is 0.199. The molecule has 0 saturated heterocycles. The molecule has 0 saturated carbocycles. The maximum absolute atomic E-state index is 6.56. The number of aromatic nitrogens is 2. The van der Waals surface area contributed by atoms with Crippen LogP contribution < -0.4 is 27.3 Å². The van der Waals surface area contributed by atoms with E-state index in [2.05, 4.69) is 65.2 Å². The van der Waals surface area contributed by atoms with Gasteiger partial charge in [-0.25, -0.2) is 4.98 Å². The molecule has 0 fully saturated rings. The van der Waals surface area contributed by atoms with Gasteiger partial charge in [-0.2, -0.15) is 0 Å². The van der Waals surface area contributed by atoms with Gasteiger partial charge in [-0.3, -0.25) is 4.57 Å². The zero-order valence-corrected chi connectivity index (χ0v) is 22.5. The third kappa shape index (κ3) is 3.75. The maximum Gasteiger partial charge on any atom is 0.113 e. The van der Waals surface area contributed by atoms with Crippen molar-refractivity contribution >= 4 is 99.1 Å². The van der Waals surface area contributed by atoms with Crippen molar-refractivity contribution in [2.75, 3.05) is 0 Å². The molecule has 6 aromatic carbocycles. The Balaban J connectivity index is 1.65. The number of hydrogen-bond acceptors (Lipinski definition) is 1. The van der Waals surface area contributed by atoms with E-state index in [0.717, 1.165) is 60.8 Å². The van der Waals surface area contributed by atoms with Crippen LogP contribution in [0.1, 0.15) is 5.82 Å². The zero-order chi connectivity index (χ0) is 28.4. The van der Waals surface area contributed by atoms with E-state index in [0.29, 0.717) is 16.5 Å². The molecule has 1 heterocycles. The van der Waals surface area contributed by atoms with Crippen LogP contribution in [0.25, 0.3) is 60.5 Å². The Morgan fingerprint density at radius 2 is 0.927 bits per heavy atom. The zero-order valence-electron chi connectivity index (χ0n) is 22.5. The van der Waals surface area contributed by atoms with Crippen LogP contribution in [0.5, 0.6) is 0 Å². The minimum Gasteiger partial charge on any atom is -0.295 e. The first-order valence-corrected chi connectivity index (χ1v) is 13.4. The molecule has 0 aliphatic rings. The molecule has 7 heteroatoms. The van der Waals surface area contributed by atoms with Crippen LogP contribution in [0, 0.1) is 6.92 Å². The van der Waals surface area contributed by atoms with Crippen molar-refractivity contribution in [1.82, 2.24) is 9.55 Å². The summed E-state index contributed by atoms with van der Waals surface area (Å²) in [5.74, 6) is 0.919. The monoisotopic (exact) mass is 510 g/mol. The van der Waals surface area contributed by atoms with Gasteiger partial charge in [-0.15, -0.1) is 16.4 Å². The van der Waals surface area contributed by atoms with Gasteiger partial charge in [0.15, 0.2) is 0 Å². The van der Waals surface area contributed by atoms with Crippen molar-refractivity contribution in [3.8, 4) is 27.9 Å². The first kappa shape index (κ1) is 25.6. The molecule has 0 bridgehead atoms. The second kappa shape index (κ2) is 9.63. The summed E-state index contributed by atoms with van der Waals surface area (Å²) in [4.78, 5) is 4.88. The SMILES string of the molecule is [B]c1c([B])c([B])c(-c2ccccc2-c2c3ccccc3c(-n3c(C)nc4ccccc43)c3ccccc23)c([B])c1[B]. The van der Waals surface area contributed by atoms with Crippen LogP contribution in [0.15, 0.2) is 97.1 Å². The van der Waals surface area contributed by atoms with Gasteiger partial charge in [-0.05, 0) is 52.1 Å². The van der Waals surface area contributed by atoms with E-state index >= 15 is 0 Å². The molecule has 10 radical (unpaired) electrons. The fourth-order valence-corrected chi connectivity index (χ4v) is 6.12. The van der Waals surface area contributed by atoms with Gasteiger partial charge < -0.3 is 0 Å². The smallest absolute Gasteiger partial charge is 0.113 e. The van der Waals surface area contributed by atoms with Gasteiger partial charge in [-0.1, -0.05) is 95.9 Å². The quantitative estimate of drug-likeness (QED) is 0.265. The van der Waals surface area contributed by atoms with Crippen molar-refractivity contribution in [3.05, 3.63) is 103 Å². The van der Waals surface area contributed by atoms with E-state index in [4.69, 9.17) is 44.2 Å². The fourth-order valence-electron chi connectivity index (χ4n) is 6.12. The summed E-state index contributed by atoms with van der Waals surface area (Å²) in [5, 5.41) is 4.36. The number of hydrogen-bond donors (Lipinski definition) is 0. The lowest BCUT2D eigenvalue weighted by Gasteiger charge is -2.25. The predicted molar refractivity (Wildman–Crippen MR) is 179 cm³/mol. The van der Waals surface area contributed by atoms with Crippen molar-refractivity contribution in [2.45, 2.75) is 6.92 Å². The van der Waals surface area contributed by atoms with Gasteiger partial charge in [0.25, 0.3) is 0 Å². The number of rotatable bonds is 3. The second-order valence-corrected chi connectivity index (χ2v) is 10.3. The number of fused-ring (bicyclic) bond motifs is 3. The van der Waals surface area contributed by atoms with Crippen LogP contribution in [0.2, 0.25) is 0 Å². The predicted octanol–water partition coefficient (Wildman–Crippen LogP) is 2.94. The highest BCUT2D eigenvalue weighted by Crippen LogP contribution is 2.44. The molecular formula is C34H19B5N2. The normalized spacial score (nSPS) is 11.5. The van der Waals surface area contributed by atoms with Crippen molar-refractivity contribution in [1.29, 1.82) is 0 Å². The summed E-state index contributed by atoms with van der Waals surface area (Å²) in [7, 11) is 31.9. The van der Waals surface area contributed by atoms with Crippen molar-refractivity contribution in [2.24, 2.45) is 0 Å². The Bertz CT molecular complexity index is 2100. The van der Waals surface area contributed by atoms with E-state index in [1.165, 1.54) is 0 Å². The Morgan fingerprint density at radius 3 is 1.51 bits per heavy atom. The number of imidazole rings is 1. The summed E-state index contributed by atoms with van der Waals surface area (Å²) in [6, 6.07) is 33.2. The molecule has 0 N–H and O–H groups in total. The Labute approximate surface area is 245 Å². The minimum absolute atomic E-state index is 0.199. The van der Waals surface area contributed by atoms with Crippen molar-refractivity contribution in [3.63, 3.8) is 0 Å². The Morgan fingerprint density at radius 1 is 0.488 bits per heavy atom. The fraction of sp³-hybridized carbons (Fsp3) is 0.0294. The molecule has 1 aromatic heterocycles. The molecule has 7 rings (SSSR count). The topological polar surface area (TPSA) is 17.8 Å². The first-order chi connectivity index (χ1) is 19.9. The summed E-state index contributed by atoms with van der Waals surface area (Å²) >= 11 is 0. The molecule has 0 atom stereocenters. The van der Waals surface area contributed by atoms with E-state index in [1.54, 1.807) is 0 Å². The third-order valence-corrected chi connectivity index (χ3v) is 8.02. The van der Waals surface area contributed by atoms with Crippen LogP contribution >= 0.6 is 0 Å². The van der Waals surface area contributed by atoms with Gasteiger partial charge >= 0.3 is 0 Å². The first-order valence-electron chi connectivity index (χ1n) is 13.4. The molecule has 0 aliphatic heterocycles. The van der Waals surface area contributed by atoms with Gasteiger partial charge in [0, 0.05) is 10.8 Å². The molecule has 0 spiro atoms. The number of nitrogens with zero attached hydrogens (tertiary/aromatic N) is 2. The van der Waals surface area contributed by atoms with E-state index in [1.807, 2.05) is 43.3 Å². The highest BCUT2D eigenvalue weighted by atomic mass is 15.1. The second-order valence-electron chi connectivity index (χ2n) is 10.3. The largest absolute Gasteiger partial charge is 0.295 e. The molecule has 41 heavy (non-hydrogen) atoms. The highest BCUT2D eigenvalue weighted by molar-refractivity contribution is 6.68. The summed E-state index contributed by atoms with van der Waals surface area (Å²) in [6.45, 7) is 2.05. The summed E-state index contributed by atoms with van der Waals surface area (Å²) < 4.78 is 2.26. The standard InChI is InChI=1S/C34H19B5N2/c1-18-40-25-16-8-9-17-26(25)41(18)34-23-14-6-4-12-21(23)27(22-13-5-7-15-24(22)34)19-10-2-3-11-20(19)28-29(35)31(37)33(39)32(38)30(28)36/h2-17H,1H3. The highest BCUT2D eigenvalue weighted by Gasteiger charge is 2.22. The number of benzene rings is 6. The average Bonchev–Trinajstić information content (AvgIpc) is 3.33. The lowest BCUT2D eigenvalue weighted by molar-refractivity contribution is 1.02. The van der Waals surface area contributed by atoms with Crippen LogP contribution in [0.3, 0.4) is 0 Å². The Kier molecular flexibility index (Phi) is 6.01. The Hall–Kier alpha value is -4.37.